The Hall–Kier alpha value is -0.940. The van der Waals surface area contributed by atoms with E-state index in [2.05, 4.69) is 17.1 Å². The molecule has 1 saturated heterocycles. The lowest BCUT2D eigenvalue weighted by Gasteiger charge is -2.32. The van der Waals surface area contributed by atoms with Crippen LogP contribution < -0.4 is 5.32 Å². The van der Waals surface area contributed by atoms with Gasteiger partial charge in [-0.1, -0.05) is 20.8 Å². The minimum absolute atomic E-state index is 0.0109. The van der Waals surface area contributed by atoms with E-state index in [4.69, 9.17) is 4.74 Å². The molecule has 19 heavy (non-hydrogen) atoms. The fourth-order valence-corrected chi connectivity index (χ4v) is 2.33. The average molecular weight is 270 g/mol. The highest BCUT2D eigenvalue weighted by molar-refractivity contribution is 5.88. The van der Waals surface area contributed by atoms with Crippen LogP contribution in [0.5, 0.6) is 0 Å². The van der Waals surface area contributed by atoms with Gasteiger partial charge in [0.05, 0.1) is 25.3 Å². The summed E-state index contributed by atoms with van der Waals surface area (Å²) in [5.74, 6) is 0.0527. The summed E-state index contributed by atoms with van der Waals surface area (Å²) < 4.78 is 5.57. The van der Waals surface area contributed by atoms with Gasteiger partial charge in [0.1, 0.15) is 0 Å². The van der Waals surface area contributed by atoms with E-state index in [1.54, 1.807) is 0 Å². The summed E-state index contributed by atoms with van der Waals surface area (Å²) in [5.41, 5.74) is 0. The largest absolute Gasteiger partial charge is 0.376 e. The first-order valence-corrected chi connectivity index (χ1v) is 7.07. The molecule has 0 saturated carbocycles. The molecule has 5 nitrogen and oxygen atoms in total. The van der Waals surface area contributed by atoms with Crippen molar-refractivity contribution in [1.29, 1.82) is 0 Å². The van der Waals surface area contributed by atoms with Gasteiger partial charge in [0, 0.05) is 13.1 Å². The standard InChI is InChI=1S/C14H26N2O3/c1-5-12-8-16(6-7-19-12)9-13(18)15-14(10(2)3)11(4)17/h10,12,14H,5-9H2,1-4H3,(H,15,18). The number of carbonyl (C=O) groups excluding carboxylic acids is 2. The third-order valence-corrected chi connectivity index (χ3v) is 3.47. The number of carbonyl (C=O) groups is 2. The summed E-state index contributed by atoms with van der Waals surface area (Å²) in [5, 5.41) is 2.83. The summed E-state index contributed by atoms with van der Waals surface area (Å²) in [4.78, 5) is 25.5. The molecule has 0 spiro atoms. The molecule has 2 atom stereocenters. The van der Waals surface area contributed by atoms with Crippen LogP contribution in [-0.4, -0.2) is 55.0 Å². The highest BCUT2D eigenvalue weighted by atomic mass is 16.5. The molecular formula is C14H26N2O3. The highest BCUT2D eigenvalue weighted by Gasteiger charge is 2.24. The number of hydrogen-bond acceptors (Lipinski definition) is 4. The lowest BCUT2D eigenvalue weighted by Crippen LogP contribution is -2.50. The van der Waals surface area contributed by atoms with Gasteiger partial charge in [0.15, 0.2) is 5.78 Å². The Morgan fingerprint density at radius 1 is 1.42 bits per heavy atom. The Balaban J connectivity index is 2.43. The number of amides is 1. The van der Waals surface area contributed by atoms with Crippen molar-refractivity contribution < 1.29 is 14.3 Å². The van der Waals surface area contributed by atoms with Crippen molar-refractivity contribution >= 4 is 11.7 Å². The van der Waals surface area contributed by atoms with Crippen molar-refractivity contribution in [3.8, 4) is 0 Å². The summed E-state index contributed by atoms with van der Waals surface area (Å²) in [6, 6.07) is -0.379. The second-order valence-electron chi connectivity index (χ2n) is 5.54. The van der Waals surface area contributed by atoms with Crippen LogP contribution in [-0.2, 0) is 14.3 Å². The molecule has 1 aliphatic rings. The van der Waals surface area contributed by atoms with Crippen molar-refractivity contribution in [2.45, 2.75) is 46.3 Å². The molecule has 2 unspecified atom stereocenters. The Morgan fingerprint density at radius 2 is 2.11 bits per heavy atom. The van der Waals surface area contributed by atoms with Crippen molar-refractivity contribution in [3.05, 3.63) is 0 Å². The number of ketones is 1. The van der Waals surface area contributed by atoms with E-state index >= 15 is 0 Å². The van der Waals surface area contributed by atoms with Crippen LogP contribution in [0.15, 0.2) is 0 Å². The first-order valence-electron chi connectivity index (χ1n) is 7.07. The lowest BCUT2D eigenvalue weighted by atomic mass is 10.0. The fraction of sp³-hybridized carbons (Fsp3) is 0.857. The van der Waals surface area contributed by atoms with Crippen LogP contribution in [0.2, 0.25) is 0 Å². The molecule has 1 N–H and O–H groups in total. The molecule has 1 fully saturated rings. The highest BCUT2D eigenvalue weighted by Crippen LogP contribution is 2.08. The maximum atomic E-state index is 12.0. The van der Waals surface area contributed by atoms with Gasteiger partial charge in [-0.15, -0.1) is 0 Å². The van der Waals surface area contributed by atoms with Crippen LogP contribution in [0, 0.1) is 5.92 Å². The average Bonchev–Trinajstić information content (AvgIpc) is 2.35. The Bertz CT molecular complexity index is 318. The first kappa shape index (κ1) is 16.1. The van der Waals surface area contributed by atoms with E-state index in [0.717, 1.165) is 19.5 Å². The predicted molar refractivity (Wildman–Crippen MR) is 73.9 cm³/mol. The molecule has 1 heterocycles. The number of hydrogen-bond donors (Lipinski definition) is 1. The third-order valence-electron chi connectivity index (χ3n) is 3.47. The van der Waals surface area contributed by atoms with E-state index in [1.165, 1.54) is 6.92 Å². The predicted octanol–water partition coefficient (Wildman–Crippen LogP) is 0.827. The van der Waals surface area contributed by atoms with E-state index < -0.39 is 0 Å². The van der Waals surface area contributed by atoms with Crippen molar-refractivity contribution in [2.75, 3.05) is 26.2 Å². The van der Waals surface area contributed by atoms with Gasteiger partial charge < -0.3 is 10.1 Å². The van der Waals surface area contributed by atoms with Crippen molar-refractivity contribution in [1.82, 2.24) is 10.2 Å². The number of ether oxygens (including phenoxy) is 1. The van der Waals surface area contributed by atoms with Gasteiger partial charge in [-0.25, -0.2) is 0 Å². The Kier molecular flexibility index (Phi) is 6.45. The molecule has 0 aromatic heterocycles. The number of nitrogens with one attached hydrogen (secondary N) is 1. The van der Waals surface area contributed by atoms with Gasteiger partial charge in [-0.3, -0.25) is 14.5 Å². The third kappa shape index (κ3) is 5.28. The van der Waals surface area contributed by atoms with Gasteiger partial charge in [0.2, 0.25) is 5.91 Å². The van der Waals surface area contributed by atoms with E-state index in [9.17, 15) is 9.59 Å². The maximum absolute atomic E-state index is 12.0. The van der Waals surface area contributed by atoms with Crippen LogP contribution in [0.4, 0.5) is 0 Å². The van der Waals surface area contributed by atoms with Crippen LogP contribution in [0.1, 0.15) is 34.1 Å². The molecule has 0 radical (unpaired) electrons. The van der Waals surface area contributed by atoms with Crippen molar-refractivity contribution in [3.63, 3.8) is 0 Å². The Labute approximate surface area is 115 Å². The second kappa shape index (κ2) is 7.60. The van der Waals surface area contributed by atoms with E-state index in [0.29, 0.717) is 13.2 Å². The Morgan fingerprint density at radius 3 is 2.63 bits per heavy atom. The van der Waals surface area contributed by atoms with E-state index in [1.807, 2.05) is 13.8 Å². The molecule has 0 aromatic carbocycles. The van der Waals surface area contributed by atoms with Gasteiger partial charge >= 0.3 is 0 Å². The quantitative estimate of drug-likeness (QED) is 0.776. The molecule has 5 heteroatoms. The summed E-state index contributed by atoms with van der Waals surface area (Å²) in [7, 11) is 0. The van der Waals surface area contributed by atoms with Crippen LogP contribution >= 0.6 is 0 Å². The number of Topliss-reactive ketones (excluding diaryl/α,β-unsaturated/α-hetero) is 1. The van der Waals surface area contributed by atoms with Gasteiger partial charge in [0.25, 0.3) is 0 Å². The molecule has 0 aromatic rings. The number of morpholine rings is 1. The topological polar surface area (TPSA) is 58.6 Å². The first-order chi connectivity index (χ1) is 8.93. The zero-order chi connectivity index (χ0) is 14.4. The second-order valence-corrected chi connectivity index (χ2v) is 5.54. The van der Waals surface area contributed by atoms with Crippen LogP contribution in [0.3, 0.4) is 0 Å². The van der Waals surface area contributed by atoms with Gasteiger partial charge in [-0.2, -0.15) is 0 Å². The van der Waals surface area contributed by atoms with E-state index in [-0.39, 0.29) is 29.8 Å². The summed E-state index contributed by atoms with van der Waals surface area (Å²) in [6.07, 6.45) is 1.18. The van der Waals surface area contributed by atoms with Crippen molar-refractivity contribution in [2.24, 2.45) is 5.92 Å². The van der Waals surface area contributed by atoms with Crippen LogP contribution in [0.25, 0.3) is 0 Å². The van der Waals surface area contributed by atoms with Gasteiger partial charge in [-0.05, 0) is 19.3 Å². The number of nitrogens with zero attached hydrogens (tertiary/aromatic N) is 1. The lowest BCUT2D eigenvalue weighted by molar-refractivity contribution is -0.129. The number of rotatable bonds is 6. The summed E-state index contributed by atoms with van der Waals surface area (Å²) in [6.45, 7) is 10.1. The molecular weight excluding hydrogens is 244 g/mol. The molecule has 1 amide bonds. The zero-order valence-electron chi connectivity index (χ0n) is 12.4. The molecule has 0 aliphatic carbocycles. The SMILES string of the molecule is CCC1CN(CC(=O)NC(C(C)=O)C(C)C)CCO1. The minimum Gasteiger partial charge on any atom is -0.376 e. The molecule has 1 rings (SSSR count). The molecule has 1 aliphatic heterocycles. The smallest absolute Gasteiger partial charge is 0.234 e. The monoisotopic (exact) mass is 270 g/mol. The maximum Gasteiger partial charge on any atom is 0.234 e. The molecule has 0 bridgehead atoms. The fourth-order valence-electron chi connectivity index (χ4n) is 2.33. The zero-order valence-corrected chi connectivity index (χ0v) is 12.4. The minimum atomic E-state index is -0.379. The molecule has 110 valence electrons. The normalized spacial score (nSPS) is 22.3. The summed E-state index contributed by atoms with van der Waals surface area (Å²) >= 11 is 0.